The van der Waals surface area contributed by atoms with Crippen LogP contribution in [-0.4, -0.2) is 41.0 Å². The summed E-state index contributed by atoms with van der Waals surface area (Å²) in [6, 6.07) is 3.77. The van der Waals surface area contributed by atoms with Crippen molar-refractivity contribution in [2.24, 2.45) is 5.10 Å². The average Bonchev–Trinajstić information content (AvgIpc) is 2.94. The van der Waals surface area contributed by atoms with E-state index in [0.717, 1.165) is 22.7 Å². The lowest BCUT2D eigenvalue weighted by Crippen LogP contribution is -2.29. The van der Waals surface area contributed by atoms with Crippen LogP contribution in [0.2, 0.25) is 5.02 Å². The molecule has 0 fully saturated rings. The second-order valence-electron chi connectivity index (χ2n) is 5.02. The number of amidine groups is 1. The number of aromatic nitrogens is 2. The molecule has 6 nitrogen and oxygen atoms in total. The van der Waals surface area contributed by atoms with Gasteiger partial charge < -0.3 is 9.64 Å². The predicted molar refractivity (Wildman–Crippen MR) is 85.9 cm³/mol. The summed E-state index contributed by atoms with van der Waals surface area (Å²) in [5, 5.41) is 4.86. The van der Waals surface area contributed by atoms with Crippen molar-refractivity contribution in [2.45, 2.75) is 6.92 Å². The van der Waals surface area contributed by atoms with Gasteiger partial charge in [-0.05, 0) is 24.6 Å². The minimum absolute atomic E-state index is 0.373. The molecule has 1 aromatic carbocycles. The smallest absolute Gasteiger partial charge is 0.164 e. The number of nitrogens with one attached hydrogen (secondary N) is 1. The van der Waals surface area contributed by atoms with Crippen LogP contribution in [0.15, 0.2) is 35.8 Å². The first kappa shape index (κ1) is 14.6. The number of nitrogens with zero attached hydrogens (tertiary/aromatic N) is 4. The van der Waals surface area contributed by atoms with Crippen LogP contribution in [0.4, 0.5) is 0 Å². The lowest BCUT2D eigenvalue weighted by molar-refractivity contribution is 0.358. The number of ether oxygens (including phenoxy) is 1. The molecule has 1 N–H and O–H groups in total. The SMILES string of the molecule is Cc1cc(OCC2=NNCN2C)c(-c2cnccn2)cc1Cl. The highest BCUT2D eigenvalue weighted by Gasteiger charge is 2.16. The largest absolute Gasteiger partial charge is 0.485 e. The molecule has 0 radical (unpaired) electrons. The van der Waals surface area contributed by atoms with Gasteiger partial charge in [0.25, 0.3) is 0 Å². The second kappa shape index (κ2) is 6.19. The van der Waals surface area contributed by atoms with Crippen LogP contribution >= 0.6 is 11.6 Å². The number of rotatable bonds is 4. The van der Waals surface area contributed by atoms with Crippen molar-refractivity contribution in [3.05, 3.63) is 41.3 Å². The van der Waals surface area contributed by atoms with E-state index in [2.05, 4.69) is 20.5 Å². The number of hydrogen-bond acceptors (Lipinski definition) is 6. The van der Waals surface area contributed by atoms with E-state index >= 15 is 0 Å². The van der Waals surface area contributed by atoms with E-state index in [-0.39, 0.29) is 0 Å². The van der Waals surface area contributed by atoms with Crippen LogP contribution in [0, 0.1) is 6.92 Å². The average molecular weight is 318 g/mol. The molecular formula is C15H16ClN5O. The quantitative estimate of drug-likeness (QED) is 0.937. The Hall–Kier alpha value is -2.34. The second-order valence-corrected chi connectivity index (χ2v) is 5.43. The van der Waals surface area contributed by atoms with Crippen molar-refractivity contribution >= 4 is 17.4 Å². The molecule has 0 amide bonds. The number of likely N-dealkylation sites (N-methyl/N-ethyl adjacent to an activating group) is 1. The third kappa shape index (κ3) is 2.96. The number of halogens is 1. The van der Waals surface area contributed by atoms with Crippen LogP contribution < -0.4 is 10.2 Å². The zero-order valence-electron chi connectivity index (χ0n) is 12.4. The van der Waals surface area contributed by atoms with E-state index in [9.17, 15) is 0 Å². The molecule has 0 saturated carbocycles. The maximum Gasteiger partial charge on any atom is 0.164 e. The van der Waals surface area contributed by atoms with Crippen molar-refractivity contribution in [1.29, 1.82) is 0 Å². The van der Waals surface area contributed by atoms with E-state index in [1.807, 2.05) is 31.0 Å². The van der Waals surface area contributed by atoms with Gasteiger partial charge in [-0.3, -0.25) is 15.4 Å². The van der Waals surface area contributed by atoms with Gasteiger partial charge in [-0.1, -0.05) is 11.6 Å². The molecular weight excluding hydrogens is 302 g/mol. The van der Waals surface area contributed by atoms with Gasteiger partial charge in [0.2, 0.25) is 0 Å². The third-order valence-electron chi connectivity index (χ3n) is 3.41. The summed E-state index contributed by atoms with van der Waals surface area (Å²) >= 11 is 6.24. The molecule has 1 aliphatic rings. The zero-order valence-corrected chi connectivity index (χ0v) is 13.1. The molecule has 0 atom stereocenters. The minimum atomic E-state index is 0.373. The molecule has 0 aliphatic carbocycles. The number of benzene rings is 1. The summed E-state index contributed by atoms with van der Waals surface area (Å²) in [5.74, 6) is 1.56. The highest BCUT2D eigenvalue weighted by atomic mass is 35.5. The molecule has 1 aliphatic heterocycles. The van der Waals surface area contributed by atoms with Crippen LogP contribution in [0.5, 0.6) is 5.75 Å². The molecule has 2 aromatic rings. The molecule has 2 heterocycles. The van der Waals surface area contributed by atoms with Crippen LogP contribution in [0.1, 0.15) is 5.56 Å². The van der Waals surface area contributed by atoms with E-state index < -0.39 is 0 Å². The zero-order chi connectivity index (χ0) is 15.5. The van der Waals surface area contributed by atoms with Crippen molar-refractivity contribution in [2.75, 3.05) is 20.3 Å². The molecule has 1 aromatic heterocycles. The fourth-order valence-electron chi connectivity index (χ4n) is 2.11. The minimum Gasteiger partial charge on any atom is -0.485 e. The fraction of sp³-hybridized carbons (Fsp3) is 0.267. The van der Waals surface area contributed by atoms with Crippen molar-refractivity contribution in [1.82, 2.24) is 20.3 Å². The topological polar surface area (TPSA) is 62.6 Å². The summed E-state index contributed by atoms with van der Waals surface area (Å²) in [6.45, 7) is 3.00. The van der Waals surface area contributed by atoms with Crippen molar-refractivity contribution < 1.29 is 4.74 Å². The van der Waals surface area contributed by atoms with Crippen LogP contribution in [-0.2, 0) is 0 Å². The Morgan fingerprint density at radius 1 is 1.36 bits per heavy atom. The molecule has 0 spiro atoms. The normalized spacial score (nSPS) is 13.8. The molecule has 0 bridgehead atoms. The van der Waals surface area contributed by atoms with E-state index in [4.69, 9.17) is 16.3 Å². The Kier molecular flexibility index (Phi) is 4.11. The lowest BCUT2D eigenvalue weighted by atomic mass is 10.1. The number of aryl methyl sites for hydroxylation is 1. The molecule has 114 valence electrons. The molecule has 0 unspecified atom stereocenters. The summed E-state index contributed by atoms with van der Waals surface area (Å²) in [7, 11) is 1.96. The molecule has 22 heavy (non-hydrogen) atoms. The van der Waals surface area contributed by atoms with Crippen LogP contribution in [0.3, 0.4) is 0 Å². The Labute approximate surface area is 133 Å². The highest BCUT2D eigenvalue weighted by Crippen LogP contribution is 2.33. The summed E-state index contributed by atoms with van der Waals surface area (Å²) < 4.78 is 5.94. The summed E-state index contributed by atoms with van der Waals surface area (Å²) in [5.41, 5.74) is 5.40. The number of hydrazone groups is 1. The third-order valence-corrected chi connectivity index (χ3v) is 3.82. The van der Waals surface area contributed by atoms with Crippen LogP contribution in [0.25, 0.3) is 11.3 Å². The number of hydrogen-bond donors (Lipinski definition) is 1. The summed E-state index contributed by atoms with van der Waals surface area (Å²) in [4.78, 5) is 10.4. The fourth-order valence-corrected chi connectivity index (χ4v) is 2.27. The van der Waals surface area contributed by atoms with Gasteiger partial charge in [0.05, 0.1) is 11.9 Å². The maximum absolute atomic E-state index is 6.24. The molecule has 3 rings (SSSR count). The van der Waals surface area contributed by atoms with Gasteiger partial charge in [0, 0.05) is 30.0 Å². The van der Waals surface area contributed by atoms with Gasteiger partial charge in [-0.15, -0.1) is 0 Å². The predicted octanol–water partition coefficient (Wildman–Crippen LogP) is 2.29. The van der Waals surface area contributed by atoms with E-state index in [0.29, 0.717) is 24.0 Å². The van der Waals surface area contributed by atoms with Gasteiger partial charge in [-0.2, -0.15) is 5.10 Å². The van der Waals surface area contributed by atoms with Crippen molar-refractivity contribution in [3.8, 4) is 17.0 Å². The van der Waals surface area contributed by atoms with E-state index in [1.54, 1.807) is 18.6 Å². The first-order valence-corrected chi connectivity index (χ1v) is 7.23. The Bertz CT molecular complexity index is 705. The standard InChI is InChI=1S/C15H16ClN5O/c1-10-5-14(22-8-15-20-19-9-21(15)2)11(6-12(10)16)13-7-17-3-4-18-13/h3-7,19H,8-9H2,1-2H3. The monoisotopic (exact) mass is 317 g/mol. The van der Waals surface area contributed by atoms with Gasteiger partial charge >= 0.3 is 0 Å². The Morgan fingerprint density at radius 2 is 2.23 bits per heavy atom. The highest BCUT2D eigenvalue weighted by molar-refractivity contribution is 6.31. The van der Waals surface area contributed by atoms with Gasteiger partial charge in [-0.25, -0.2) is 0 Å². The first-order chi connectivity index (χ1) is 10.6. The van der Waals surface area contributed by atoms with Gasteiger partial charge in [0.1, 0.15) is 19.0 Å². The first-order valence-electron chi connectivity index (χ1n) is 6.85. The Morgan fingerprint density at radius 3 is 2.91 bits per heavy atom. The summed E-state index contributed by atoms with van der Waals surface area (Å²) in [6.07, 6.45) is 4.97. The van der Waals surface area contributed by atoms with Crippen molar-refractivity contribution in [3.63, 3.8) is 0 Å². The lowest BCUT2D eigenvalue weighted by Gasteiger charge is -2.16. The van der Waals surface area contributed by atoms with Gasteiger partial charge in [0.15, 0.2) is 5.84 Å². The maximum atomic E-state index is 6.24. The molecule has 0 saturated heterocycles. The Balaban J connectivity index is 1.90. The molecule has 7 heteroatoms. The van der Waals surface area contributed by atoms with E-state index in [1.165, 1.54) is 0 Å².